The lowest BCUT2D eigenvalue weighted by Gasteiger charge is -2.27. The number of aromatic nitrogens is 2. The number of fused-ring (bicyclic) bond motifs is 1. The van der Waals surface area contributed by atoms with Crippen molar-refractivity contribution in [1.29, 1.82) is 0 Å². The minimum absolute atomic E-state index is 0.193. The predicted octanol–water partition coefficient (Wildman–Crippen LogP) is 3.29. The highest BCUT2D eigenvalue weighted by atomic mass is 32.2. The first-order valence-electron chi connectivity index (χ1n) is 12.2. The van der Waals surface area contributed by atoms with Crippen LogP contribution in [0.25, 0.3) is 16.6 Å². The quantitative estimate of drug-likeness (QED) is 0.249. The van der Waals surface area contributed by atoms with Crippen molar-refractivity contribution in [1.82, 2.24) is 19.2 Å². The Hall–Kier alpha value is -3.94. The van der Waals surface area contributed by atoms with Crippen LogP contribution in [0.15, 0.2) is 52.8 Å². The third-order valence-corrected chi connectivity index (χ3v) is 7.93. The van der Waals surface area contributed by atoms with Crippen molar-refractivity contribution in [2.75, 3.05) is 44.6 Å². The molecule has 2 aromatic heterocycles. The minimum atomic E-state index is -3.97. The van der Waals surface area contributed by atoms with E-state index in [1.807, 2.05) is 11.8 Å². The first kappa shape index (κ1) is 28.1. The van der Waals surface area contributed by atoms with Gasteiger partial charge in [0.25, 0.3) is 0 Å². The molecule has 11 nitrogen and oxygen atoms in total. The van der Waals surface area contributed by atoms with Crippen LogP contribution < -0.4 is 4.72 Å². The number of pyridine rings is 1. The number of ketones is 1. The van der Waals surface area contributed by atoms with E-state index in [9.17, 15) is 13.2 Å². The lowest BCUT2D eigenvalue weighted by Crippen LogP contribution is -2.39. The number of ether oxygens (including phenoxy) is 1. The zero-order chi connectivity index (χ0) is 28.2. The van der Waals surface area contributed by atoms with Crippen LogP contribution in [0, 0.1) is 5.82 Å². The Labute approximate surface area is 226 Å². The van der Waals surface area contributed by atoms with Gasteiger partial charge in [0.1, 0.15) is 5.65 Å². The number of carbonyl (C=O) groups excluding carboxylic acids is 1. The number of anilines is 1. The number of benzene rings is 1. The van der Waals surface area contributed by atoms with Gasteiger partial charge in [0.15, 0.2) is 11.6 Å². The van der Waals surface area contributed by atoms with Gasteiger partial charge in [-0.05, 0) is 43.0 Å². The number of aromatic amines is 1. The number of nitrogens with one attached hydrogen (secondary N) is 2. The highest BCUT2D eigenvalue weighted by Gasteiger charge is 2.23. The van der Waals surface area contributed by atoms with E-state index in [1.165, 1.54) is 31.4 Å². The molecular weight excluding hydrogens is 525 g/mol. The molecular formula is C26H30FN7O4S. The van der Waals surface area contributed by atoms with Crippen molar-refractivity contribution in [3.63, 3.8) is 0 Å². The molecule has 1 saturated heterocycles. The van der Waals surface area contributed by atoms with Gasteiger partial charge < -0.3 is 14.6 Å². The van der Waals surface area contributed by atoms with E-state index >= 15 is 4.39 Å². The van der Waals surface area contributed by atoms with Crippen molar-refractivity contribution >= 4 is 51.0 Å². The Morgan fingerprint density at radius 2 is 2.08 bits per heavy atom. The molecule has 13 heteroatoms. The average molecular weight is 556 g/mol. The van der Waals surface area contributed by atoms with E-state index in [0.717, 1.165) is 9.88 Å². The molecule has 1 aromatic carbocycles. The van der Waals surface area contributed by atoms with Gasteiger partial charge in [-0.2, -0.15) is 12.7 Å². The van der Waals surface area contributed by atoms with Crippen LogP contribution in [0.4, 0.5) is 10.1 Å². The molecule has 0 unspecified atom stereocenters. The summed E-state index contributed by atoms with van der Waals surface area (Å²) in [5, 5.41) is 0.487. The summed E-state index contributed by atoms with van der Waals surface area (Å²) in [7, 11) is -2.61. The highest BCUT2D eigenvalue weighted by molar-refractivity contribution is 7.90. The van der Waals surface area contributed by atoms with Crippen molar-refractivity contribution in [2.24, 2.45) is 9.98 Å². The third kappa shape index (κ3) is 6.05. The number of halogens is 1. The molecule has 39 heavy (non-hydrogen) atoms. The van der Waals surface area contributed by atoms with Gasteiger partial charge in [0.05, 0.1) is 24.5 Å². The summed E-state index contributed by atoms with van der Waals surface area (Å²) < 4.78 is 48.7. The Kier molecular flexibility index (Phi) is 8.53. The molecule has 0 amide bonds. The maximum absolute atomic E-state index is 15.3. The van der Waals surface area contributed by atoms with Gasteiger partial charge in [0.2, 0.25) is 5.96 Å². The van der Waals surface area contributed by atoms with Gasteiger partial charge in [-0.25, -0.2) is 19.4 Å². The largest absolute Gasteiger partial charge is 0.378 e. The molecule has 3 heterocycles. The fraction of sp³-hybridized carbons (Fsp3) is 0.308. The number of allylic oxidation sites excluding steroid dienone is 1. The van der Waals surface area contributed by atoms with Crippen LogP contribution >= 0.6 is 0 Å². The van der Waals surface area contributed by atoms with Crippen LogP contribution in [0.2, 0.25) is 0 Å². The van der Waals surface area contributed by atoms with E-state index in [-0.39, 0.29) is 23.4 Å². The molecule has 0 saturated carbocycles. The molecule has 3 aromatic rings. The van der Waals surface area contributed by atoms with Gasteiger partial charge in [-0.3, -0.25) is 9.52 Å². The second-order valence-corrected chi connectivity index (χ2v) is 10.6. The van der Waals surface area contributed by atoms with E-state index in [1.54, 1.807) is 25.4 Å². The van der Waals surface area contributed by atoms with Crippen LogP contribution in [-0.2, 0) is 14.9 Å². The van der Waals surface area contributed by atoms with Crippen molar-refractivity contribution < 1.29 is 22.3 Å². The Bertz CT molecular complexity index is 1560. The fourth-order valence-electron chi connectivity index (χ4n) is 3.94. The number of aliphatic imine (C=N–C) groups is 2. The highest BCUT2D eigenvalue weighted by Crippen LogP contribution is 2.27. The lowest BCUT2D eigenvalue weighted by molar-refractivity contribution is 0.0676. The fourth-order valence-corrected chi connectivity index (χ4v) is 4.87. The maximum atomic E-state index is 15.3. The van der Waals surface area contributed by atoms with Gasteiger partial charge in [0, 0.05) is 56.2 Å². The lowest BCUT2D eigenvalue weighted by atomic mass is 10.0. The molecule has 1 aliphatic rings. The molecule has 0 radical (unpaired) electrons. The summed E-state index contributed by atoms with van der Waals surface area (Å²) in [5.41, 5.74) is 1.52. The number of morpholine rings is 1. The summed E-state index contributed by atoms with van der Waals surface area (Å²) in [6.07, 6.45) is 4.75. The van der Waals surface area contributed by atoms with Gasteiger partial charge in [-0.1, -0.05) is 13.0 Å². The van der Waals surface area contributed by atoms with E-state index in [2.05, 4.69) is 31.4 Å². The summed E-state index contributed by atoms with van der Waals surface area (Å²) in [6.45, 7) is 9.82. The standard InChI is InChI=1S/C26H30FN7O4S/c1-5-33(4)39(36,37)32-22-8-6-7-19(23(22)27)24(35)21-16-30-25-20(21)13-18(15-29-25)17(2)14-31-26(28-3)34-9-11-38-12-10-34/h6-8,13-16,32H,3,5,9-12H2,1-2,4H3,(H,29,30)/b17-14+,31-26?. The van der Waals surface area contributed by atoms with E-state index in [0.29, 0.717) is 48.9 Å². The van der Waals surface area contributed by atoms with Gasteiger partial charge >= 0.3 is 10.2 Å². The monoisotopic (exact) mass is 555 g/mol. The van der Waals surface area contributed by atoms with Crippen LogP contribution in [-0.4, -0.2) is 85.9 Å². The number of carbonyl (C=O) groups is 1. The predicted molar refractivity (Wildman–Crippen MR) is 150 cm³/mol. The Morgan fingerprint density at radius 1 is 1.33 bits per heavy atom. The number of rotatable bonds is 8. The second kappa shape index (κ2) is 11.8. The van der Waals surface area contributed by atoms with Crippen LogP contribution in [0.3, 0.4) is 0 Å². The van der Waals surface area contributed by atoms with Crippen LogP contribution in [0.1, 0.15) is 35.3 Å². The average Bonchev–Trinajstić information content (AvgIpc) is 3.37. The van der Waals surface area contributed by atoms with Gasteiger partial charge in [-0.15, -0.1) is 0 Å². The number of guanidine groups is 1. The molecule has 0 bridgehead atoms. The minimum Gasteiger partial charge on any atom is -0.378 e. The molecule has 1 fully saturated rings. The Balaban J connectivity index is 1.65. The molecule has 0 spiro atoms. The number of H-pyrrole nitrogens is 1. The normalized spacial score (nSPS) is 15.2. The molecule has 1 aliphatic heterocycles. The maximum Gasteiger partial charge on any atom is 0.301 e. The summed E-state index contributed by atoms with van der Waals surface area (Å²) in [6, 6.07) is 5.76. The molecule has 4 rings (SSSR count). The molecule has 0 aliphatic carbocycles. The molecule has 2 N–H and O–H groups in total. The molecule has 0 atom stereocenters. The van der Waals surface area contributed by atoms with Crippen molar-refractivity contribution in [3.8, 4) is 0 Å². The zero-order valence-electron chi connectivity index (χ0n) is 21.9. The summed E-state index contributed by atoms with van der Waals surface area (Å²) in [4.78, 5) is 31.2. The summed E-state index contributed by atoms with van der Waals surface area (Å²) in [5.74, 6) is -1.10. The van der Waals surface area contributed by atoms with E-state index in [4.69, 9.17) is 4.74 Å². The van der Waals surface area contributed by atoms with E-state index < -0.39 is 21.8 Å². The van der Waals surface area contributed by atoms with Crippen molar-refractivity contribution in [2.45, 2.75) is 13.8 Å². The second-order valence-electron chi connectivity index (χ2n) is 8.84. The third-order valence-electron chi connectivity index (χ3n) is 6.38. The Morgan fingerprint density at radius 3 is 2.77 bits per heavy atom. The number of hydrogen-bond donors (Lipinski definition) is 2. The summed E-state index contributed by atoms with van der Waals surface area (Å²) >= 11 is 0. The first-order valence-corrected chi connectivity index (χ1v) is 13.7. The molecule has 206 valence electrons. The number of hydrogen-bond acceptors (Lipinski definition) is 6. The SMILES string of the molecule is C=NC(=N/C=C(\C)c1cnc2[nH]cc(C(=O)c3cccc(NS(=O)(=O)N(C)CC)c3F)c2c1)N1CCOCC1. The van der Waals surface area contributed by atoms with Crippen LogP contribution in [0.5, 0.6) is 0 Å². The first-order chi connectivity index (χ1) is 18.7. The van der Waals surface area contributed by atoms with Crippen molar-refractivity contribution in [3.05, 3.63) is 65.4 Å². The zero-order valence-corrected chi connectivity index (χ0v) is 22.8. The topological polar surface area (TPSA) is 132 Å². The number of nitrogens with zero attached hydrogens (tertiary/aromatic N) is 5. The smallest absolute Gasteiger partial charge is 0.301 e.